The highest BCUT2D eigenvalue weighted by molar-refractivity contribution is 6.31. The van der Waals surface area contributed by atoms with Crippen molar-refractivity contribution in [1.82, 2.24) is 0 Å². The molecule has 0 amide bonds. The van der Waals surface area contributed by atoms with Gasteiger partial charge in [0.25, 0.3) is 0 Å². The molecule has 0 radical (unpaired) electrons. The quantitative estimate of drug-likeness (QED) is 0.519. The molecule has 3 nitrogen and oxygen atoms in total. The summed E-state index contributed by atoms with van der Waals surface area (Å²) in [7, 11) is 0. The molecule has 2 aromatic carbocycles. The number of ether oxygens (including phenoxy) is 1. The van der Waals surface area contributed by atoms with Crippen LogP contribution in [0.2, 0.25) is 5.02 Å². The van der Waals surface area contributed by atoms with Crippen molar-refractivity contribution in [3.63, 3.8) is 0 Å². The molecule has 166 valence electrons. The first-order valence-electron chi connectivity index (χ1n) is 10.4. The molecule has 1 aliphatic heterocycles. The molecule has 0 aromatic heterocycles. The largest absolute Gasteiger partial charge is 0.393 e. The number of halogens is 2. The number of hydrogen-bond donors (Lipinski definition) is 1. The summed E-state index contributed by atoms with van der Waals surface area (Å²) in [6.45, 7) is 9.97. The lowest BCUT2D eigenvalue weighted by Gasteiger charge is -2.31. The first-order chi connectivity index (χ1) is 14.5. The summed E-state index contributed by atoms with van der Waals surface area (Å²) in [6.07, 6.45) is 9.46. The summed E-state index contributed by atoms with van der Waals surface area (Å²) >= 11 is 6.33. The molecule has 3 rings (SSSR count). The smallest absolute Gasteiger partial charge is 0.171 e. The number of rotatable bonds is 4. The summed E-state index contributed by atoms with van der Waals surface area (Å²) in [5.74, 6) is 0.178. The third-order valence-electron chi connectivity index (χ3n) is 4.34. The van der Waals surface area contributed by atoms with Crippen LogP contribution in [-0.4, -0.2) is 17.3 Å². The summed E-state index contributed by atoms with van der Waals surface area (Å²) in [4.78, 5) is 3.70. The minimum atomic E-state index is -0.342. The lowest BCUT2D eigenvalue weighted by molar-refractivity contribution is -0.0895. The van der Waals surface area contributed by atoms with Crippen molar-refractivity contribution >= 4 is 11.6 Å². The number of hydrogen-bond acceptors (Lipinski definition) is 3. The topological polar surface area (TPSA) is 38.7 Å². The first-order valence-corrected chi connectivity index (χ1v) is 10.8. The highest BCUT2D eigenvalue weighted by atomic mass is 35.5. The molecule has 1 aliphatic rings. The van der Waals surface area contributed by atoms with Gasteiger partial charge in [-0.15, -0.1) is 12.8 Å². The fraction of sp³-hybridized carbons (Fsp3) is 0.440. The van der Waals surface area contributed by atoms with Gasteiger partial charge >= 0.3 is 0 Å². The van der Waals surface area contributed by atoms with Gasteiger partial charge < -0.3 is 9.84 Å². The Labute approximate surface area is 186 Å². The second-order valence-corrected chi connectivity index (χ2v) is 6.72. The van der Waals surface area contributed by atoms with E-state index in [1.165, 1.54) is 0 Å². The molecule has 0 saturated carbocycles. The zero-order chi connectivity index (χ0) is 23.1. The lowest BCUT2D eigenvalue weighted by Crippen LogP contribution is -2.29. The Hall–Kier alpha value is -2.06. The van der Waals surface area contributed by atoms with Crippen LogP contribution in [0.15, 0.2) is 42.5 Å². The van der Waals surface area contributed by atoms with Crippen LogP contribution in [0.25, 0.3) is 0 Å². The predicted octanol–water partition coefficient (Wildman–Crippen LogP) is 7.10. The van der Waals surface area contributed by atoms with Crippen molar-refractivity contribution < 1.29 is 19.3 Å². The Kier molecular flexibility index (Phi) is 14.7. The molecule has 0 bridgehead atoms. The van der Waals surface area contributed by atoms with Gasteiger partial charge in [0.1, 0.15) is 0 Å². The lowest BCUT2D eigenvalue weighted by atomic mass is 9.94. The van der Waals surface area contributed by atoms with E-state index in [9.17, 15) is 9.63 Å². The van der Waals surface area contributed by atoms with E-state index < -0.39 is 0 Å². The van der Waals surface area contributed by atoms with Gasteiger partial charge in [-0.05, 0) is 54.7 Å². The monoisotopic (exact) mass is 436 g/mol. The van der Waals surface area contributed by atoms with Crippen molar-refractivity contribution in [2.75, 3.05) is 0 Å². The van der Waals surface area contributed by atoms with Crippen molar-refractivity contribution in [3.8, 4) is 18.6 Å². The molecule has 1 saturated heterocycles. The number of terminal acetylenes is 1. The summed E-state index contributed by atoms with van der Waals surface area (Å²) < 4.78 is 18.1. The Balaban J connectivity index is 0.00000129. The van der Waals surface area contributed by atoms with Crippen LogP contribution in [0.5, 0.6) is 5.75 Å². The number of benzene rings is 2. The first kappa shape index (κ1) is 27.9. The highest BCUT2D eigenvalue weighted by Gasteiger charge is 2.27. The number of aliphatic hydroxyl groups excluding tert-OH is 1. The molecule has 0 unspecified atom stereocenters. The van der Waals surface area contributed by atoms with E-state index in [1.807, 2.05) is 52.8 Å². The maximum Gasteiger partial charge on any atom is 0.171 e. The third-order valence-corrected chi connectivity index (χ3v) is 4.70. The Bertz CT molecular complexity index is 721. The van der Waals surface area contributed by atoms with Gasteiger partial charge in [0.05, 0.1) is 18.3 Å². The molecular formula is C25H34ClFO3. The van der Waals surface area contributed by atoms with Gasteiger partial charge in [-0.25, -0.2) is 0 Å². The zero-order valence-electron chi connectivity index (χ0n) is 18.6. The standard InChI is InChI=1S/C19H20ClFO3.2C2H6.C2H2/c1-12-8-16(22)11-19(23-12)14-4-7-18(20)15(10-14)9-13-2-5-17(24-21)6-3-13;3*1-2/h2-7,10,12,16,19,22H,8-9,11H2,1H3;2*1-2H3;1-2H/t12-,16+,19-;;;/m1.../s1. The molecule has 1 N–H and O–H groups in total. The molecule has 1 fully saturated rings. The summed E-state index contributed by atoms with van der Waals surface area (Å²) in [5, 5.41) is 10.6. The Morgan fingerprint density at radius 1 is 1.07 bits per heavy atom. The van der Waals surface area contributed by atoms with Crippen LogP contribution < -0.4 is 4.94 Å². The van der Waals surface area contributed by atoms with Gasteiger partial charge in [0.15, 0.2) is 5.75 Å². The van der Waals surface area contributed by atoms with E-state index in [0.717, 1.165) is 16.7 Å². The molecular weight excluding hydrogens is 403 g/mol. The molecule has 0 spiro atoms. The molecule has 30 heavy (non-hydrogen) atoms. The van der Waals surface area contributed by atoms with Crippen LogP contribution >= 0.6 is 11.6 Å². The maximum absolute atomic E-state index is 12.1. The van der Waals surface area contributed by atoms with E-state index in [4.69, 9.17) is 16.3 Å². The van der Waals surface area contributed by atoms with Gasteiger partial charge in [0, 0.05) is 16.0 Å². The van der Waals surface area contributed by atoms with Gasteiger partial charge in [-0.3, -0.25) is 4.94 Å². The SMILES string of the molecule is C#C.CC.CC.C[C@@H]1C[C@H](O)C[C@H](c2ccc(Cl)c(Cc3ccc(OF)cc3)c2)O1. The molecule has 0 aliphatic carbocycles. The second-order valence-electron chi connectivity index (χ2n) is 6.31. The fourth-order valence-electron chi connectivity index (χ4n) is 3.14. The van der Waals surface area contributed by atoms with Crippen molar-refractivity contribution in [1.29, 1.82) is 0 Å². The molecule has 2 aromatic rings. The summed E-state index contributed by atoms with van der Waals surface area (Å²) in [6, 6.07) is 12.6. The van der Waals surface area contributed by atoms with Gasteiger partial charge in [0.2, 0.25) is 0 Å². The van der Waals surface area contributed by atoms with Crippen molar-refractivity contribution in [2.24, 2.45) is 0 Å². The van der Waals surface area contributed by atoms with Crippen LogP contribution in [0.1, 0.15) is 70.3 Å². The van der Waals surface area contributed by atoms with Crippen LogP contribution in [0, 0.1) is 12.8 Å². The number of aliphatic hydroxyl groups is 1. The third kappa shape index (κ3) is 8.75. The Morgan fingerprint density at radius 3 is 2.20 bits per heavy atom. The highest BCUT2D eigenvalue weighted by Crippen LogP contribution is 2.33. The molecule has 5 heteroatoms. The molecule has 3 atom stereocenters. The minimum Gasteiger partial charge on any atom is -0.393 e. The van der Waals surface area contributed by atoms with E-state index in [2.05, 4.69) is 17.8 Å². The van der Waals surface area contributed by atoms with Crippen LogP contribution in [0.4, 0.5) is 4.53 Å². The maximum atomic E-state index is 12.1. The van der Waals surface area contributed by atoms with E-state index >= 15 is 0 Å². The minimum absolute atomic E-state index is 0.0334. The average Bonchev–Trinajstić information content (AvgIpc) is 2.79. The predicted molar refractivity (Wildman–Crippen MR) is 124 cm³/mol. The van der Waals surface area contributed by atoms with E-state index in [1.54, 1.807) is 24.3 Å². The van der Waals surface area contributed by atoms with Crippen LogP contribution in [0.3, 0.4) is 0 Å². The van der Waals surface area contributed by atoms with E-state index in [-0.39, 0.29) is 24.1 Å². The van der Waals surface area contributed by atoms with Gasteiger partial charge in [-0.1, -0.05) is 63.6 Å². The van der Waals surface area contributed by atoms with Crippen LogP contribution in [-0.2, 0) is 11.2 Å². The van der Waals surface area contributed by atoms with E-state index in [0.29, 0.717) is 24.3 Å². The summed E-state index contributed by atoms with van der Waals surface area (Å²) in [5.41, 5.74) is 3.00. The normalized spacial score (nSPS) is 19.6. The van der Waals surface area contributed by atoms with Crippen molar-refractivity contribution in [3.05, 3.63) is 64.2 Å². The van der Waals surface area contributed by atoms with Crippen molar-refractivity contribution in [2.45, 2.75) is 72.2 Å². The zero-order valence-corrected chi connectivity index (χ0v) is 19.3. The molecule has 1 heterocycles. The fourth-order valence-corrected chi connectivity index (χ4v) is 3.33. The Morgan fingerprint density at radius 2 is 1.67 bits per heavy atom. The van der Waals surface area contributed by atoms with Gasteiger partial charge in [-0.2, -0.15) is 0 Å². The average molecular weight is 437 g/mol. The second kappa shape index (κ2) is 15.7.